The van der Waals surface area contributed by atoms with Crippen LogP contribution in [0.1, 0.15) is 29.2 Å². The number of aliphatic hydroxyl groups excluding tert-OH is 1. The van der Waals surface area contributed by atoms with Crippen LogP contribution in [-0.4, -0.2) is 43.3 Å². The van der Waals surface area contributed by atoms with Crippen LogP contribution in [0, 0.1) is 0 Å². The van der Waals surface area contributed by atoms with E-state index in [2.05, 4.69) is 20.7 Å². The molecule has 140 valence electrons. The molecule has 0 bridgehead atoms. The highest BCUT2D eigenvalue weighted by Crippen LogP contribution is 2.31. The fourth-order valence-corrected chi connectivity index (χ4v) is 3.17. The highest BCUT2D eigenvalue weighted by atomic mass is 16.3. The number of primary amides is 1. The summed E-state index contributed by atoms with van der Waals surface area (Å²) in [5.74, 6) is 0.289. The normalized spacial score (nSPS) is 18.9. The molecule has 5 N–H and O–H groups in total. The monoisotopic (exact) mass is 369 g/mol. The summed E-state index contributed by atoms with van der Waals surface area (Å²) in [5, 5.41) is 19.9. The van der Waals surface area contributed by atoms with Crippen molar-refractivity contribution in [2.24, 2.45) is 5.73 Å². The first-order valence-corrected chi connectivity index (χ1v) is 8.52. The van der Waals surface area contributed by atoms with Crippen molar-refractivity contribution in [2.75, 3.05) is 17.7 Å². The lowest BCUT2D eigenvalue weighted by atomic mass is 9.89. The second-order valence-electron chi connectivity index (χ2n) is 6.41. The van der Waals surface area contributed by atoms with E-state index in [1.807, 2.05) is 0 Å². The van der Waals surface area contributed by atoms with Crippen molar-refractivity contribution < 1.29 is 9.90 Å². The second-order valence-corrected chi connectivity index (χ2v) is 6.41. The van der Waals surface area contributed by atoms with E-state index < -0.39 is 12.0 Å². The van der Waals surface area contributed by atoms with Crippen molar-refractivity contribution in [3.05, 3.63) is 46.5 Å². The summed E-state index contributed by atoms with van der Waals surface area (Å²) >= 11 is 0. The molecule has 1 amide bonds. The SMILES string of the molecule is CNc1cc(Nc2cccn(C3CC[C@@H]3O)c2=O)nc2c(C(N)=O)cnn12. The smallest absolute Gasteiger partial charge is 0.274 e. The summed E-state index contributed by atoms with van der Waals surface area (Å²) in [4.78, 5) is 28.7. The molecule has 0 spiro atoms. The number of pyridine rings is 1. The number of carbonyl (C=O) groups excluding carboxylic acids is 1. The van der Waals surface area contributed by atoms with Gasteiger partial charge in [0.1, 0.15) is 22.9 Å². The number of rotatable bonds is 5. The Morgan fingerprint density at radius 1 is 1.41 bits per heavy atom. The number of hydrogen-bond donors (Lipinski definition) is 4. The molecule has 27 heavy (non-hydrogen) atoms. The Bertz CT molecular complexity index is 1090. The van der Waals surface area contributed by atoms with E-state index in [0.29, 0.717) is 23.7 Å². The largest absolute Gasteiger partial charge is 0.391 e. The molecule has 4 rings (SSSR count). The van der Waals surface area contributed by atoms with E-state index in [-0.39, 0.29) is 22.8 Å². The first-order valence-electron chi connectivity index (χ1n) is 8.52. The Morgan fingerprint density at radius 2 is 2.22 bits per heavy atom. The summed E-state index contributed by atoms with van der Waals surface area (Å²) in [6.07, 6.45) is 3.96. The molecule has 2 atom stereocenters. The van der Waals surface area contributed by atoms with E-state index in [1.54, 1.807) is 31.4 Å². The summed E-state index contributed by atoms with van der Waals surface area (Å²) in [6.45, 7) is 0. The van der Waals surface area contributed by atoms with Gasteiger partial charge in [-0.1, -0.05) is 0 Å². The van der Waals surface area contributed by atoms with E-state index in [9.17, 15) is 14.7 Å². The zero-order valence-corrected chi connectivity index (χ0v) is 14.6. The molecular formula is C17H19N7O3. The van der Waals surface area contributed by atoms with Crippen molar-refractivity contribution in [3.63, 3.8) is 0 Å². The zero-order valence-electron chi connectivity index (χ0n) is 14.6. The van der Waals surface area contributed by atoms with Crippen LogP contribution in [0.15, 0.2) is 35.4 Å². The van der Waals surface area contributed by atoms with Crippen molar-refractivity contribution in [2.45, 2.75) is 25.0 Å². The Kier molecular flexibility index (Phi) is 4.04. The maximum atomic E-state index is 12.8. The van der Waals surface area contributed by atoms with Crippen molar-refractivity contribution in [1.82, 2.24) is 19.2 Å². The second kappa shape index (κ2) is 6.40. The van der Waals surface area contributed by atoms with Gasteiger partial charge in [0.15, 0.2) is 5.65 Å². The number of amides is 1. The number of nitrogens with zero attached hydrogens (tertiary/aromatic N) is 4. The molecule has 3 aromatic rings. The molecule has 1 saturated carbocycles. The molecule has 1 unspecified atom stereocenters. The third-order valence-corrected chi connectivity index (χ3v) is 4.79. The Labute approximate surface area is 153 Å². The maximum absolute atomic E-state index is 12.8. The Hall–Kier alpha value is -3.40. The fraction of sp³-hybridized carbons (Fsp3) is 0.294. The minimum Gasteiger partial charge on any atom is -0.391 e. The van der Waals surface area contributed by atoms with Crippen LogP contribution >= 0.6 is 0 Å². The van der Waals surface area contributed by atoms with E-state index >= 15 is 0 Å². The Balaban J connectivity index is 1.76. The van der Waals surface area contributed by atoms with Gasteiger partial charge in [-0.3, -0.25) is 9.59 Å². The number of nitrogens with two attached hydrogens (primary N) is 1. The third kappa shape index (κ3) is 2.79. The summed E-state index contributed by atoms with van der Waals surface area (Å²) in [6, 6.07) is 4.83. The molecule has 0 saturated heterocycles. The topological polar surface area (TPSA) is 140 Å². The molecule has 0 aromatic carbocycles. The lowest BCUT2D eigenvalue weighted by Gasteiger charge is -2.34. The minimum atomic E-state index is -0.641. The van der Waals surface area contributed by atoms with Gasteiger partial charge in [-0.2, -0.15) is 9.61 Å². The highest BCUT2D eigenvalue weighted by molar-refractivity contribution is 5.98. The molecule has 10 nitrogen and oxygen atoms in total. The molecule has 0 radical (unpaired) electrons. The number of carbonyl (C=O) groups is 1. The number of anilines is 3. The van der Waals surface area contributed by atoms with Crippen molar-refractivity contribution in [1.29, 1.82) is 0 Å². The summed E-state index contributed by atoms with van der Waals surface area (Å²) in [7, 11) is 1.71. The maximum Gasteiger partial charge on any atom is 0.274 e. The lowest BCUT2D eigenvalue weighted by Crippen LogP contribution is -2.39. The average Bonchev–Trinajstić information content (AvgIpc) is 3.07. The van der Waals surface area contributed by atoms with Gasteiger partial charge in [-0.25, -0.2) is 4.98 Å². The van der Waals surface area contributed by atoms with Gasteiger partial charge in [0.2, 0.25) is 0 Å². The first-order chi connectivity index (χ1) is 13.0. The van der Waals surface area contributed by atoms with Crippen molar-refractivity contribution >= 4 is 28.9 Å². The number of fused-ring (bicyclic) bond motifs is 1. The number of hydrogen-bond acceptors (Lipinski definition) is 7. The minimum absolute atomic E-state index is 0.179. The van der Waals surface area contributed by atoms with Crippen LogP contribution in [0.5, 0.6) is 0 Å². The Morgan fingerprint density at radius 3 is 2.85 bits per heavy atom. The van der Waals surface area contributed by atoms with Crippen LogP contribution in [0.2, 0.25) is 0 Å². The summed E-state index contributed by atoms with van der Waals surface area (Å²) in [5.41, 5.74) is 5.90. The molecule has 1 aliphatic rings. The molecule has 3 heterocycles. The van der Waals surface area contributed by atoms with E-state index in [0.717, 1.165) is 6.42 Å². The molecular weight excluding hydrogens is 350 g/mol. The predicted octanol–water partition coefficient (Wildman–Crippen LogP) is 0.471. The number of aliphatic hydroxyl groups is 1. The third-order valence-electron chi connectivity index (χ3n) is 4.79. The first kappa shape index (κ1) is 17.0. The predicted molar refractivity (Wildman–Crippen MR) is 99.3 cm³/mol. The van der Waals surface area contributed by atoms with Crippen molar-refractivity contribution in [3.8, 4) is 0 Å². The zero-order chi connectivity index (χ0) is 19.1. The van der Waals surface area contributed by atoms with E-state index in [4.69, 9.17) is 5.73 Å². The molecule has 1 aliphatic carbocycles. The van der Waals surface area contributed by atoms with Gasteiger partial charge in [0, 0.05) is 19.3 Å². The molecule has 10 heteroatoms. The van der Waals surface area contributed by atoms with Crippen LogP contribution < -0.4 is 21.9 Å². The number of aromatic nitrogens is 4. The highest BCUT2D eigenvalue weighted by Gasteiger charge is 2.31. The number of nitrogens with one attached hydrogen (secondary N) is 2. The summed E-state index contributed by atoms with van der Waals surface area (Å²) < 4.78 is 2.99. The van der Waals surface area contributed by atoms with Crippen LogP contribution in [0.25, 0.3) is 5.65 Å². The average molecular weight is 369 g/mol. The standard InChI is InChI=1S/C17H19N7O3/c1-19-14-7-13(22-16-9(15(18)26)8-20-24(14)16)21-10-3-2-6-23(17(10)27)11-4-5-12(11)25/h2-3,6-8,11-12,19,25H,4-5H2,1H3,(H2,18,26)(H,21,22)/t11?,12-/m0/s1. The molecule has 3 aromatic heterocycles. The van der Waals surface area contributed by atoms with Gasteiger partial charge < -0.3 is 26.0 Å². The quantitative estimate of drug-likeness (QED) is 0.512. The van der Waals surface area contributed by atoms with Gasteiger partial charge in [0.25, 0.3) is 11.5 Å². The van der Waals surface area contributed by atoms with Crippen LogP contribution in [-0.2, 0) is 0 Å². The molecule has 1 fully saturated rings. The van der Waals surface area contributed by atoms with Gasteiger partial charge in [-0.15, -0.1) is 0 Å². The van der Waals surface area contributed by atoms with Crippen LogP contribution in [0.3, 0.4) is 0 Å². The fourth-order valence-electron chi connectivity index (χ4n) is 3.17. The van der Waals surface area contributed by atoms with Gasteiger partial charge in [0.05, 0.1) is 18.3 Å². The van der Waals surface area contributed by atoms with E-state index in [1.165, 1.54) is 15.3 Å². The molecule has 0 aliphatic heterocycles. The lowest BCUT2D eigenvalue weighted by molar-refractivity contribution is 0.0300. The van der Waals surface area contributed by atoms with Gasteiger partial charge in [-0.05, 0) is 25.0 Å². The van der Waals surface area contributed by atoms with Gasteiger partial charge >= 0.3 is 0 Å². The van der Waals surface area contributed by atoms with Crippen LogP contribution in [0.4, 0.5) is 17.3 Å².